The average molecular weight is 357 g/mol. The van der Waals surface area contributed by atoms with Gasteiger partial charge in [0.2, 0.25) is 0 Å². The predicted octanol–water partition coefficient (Wildman–Crippen LogP) is 6.86. The summed E-state index contributed by atoms with van der Waals surface area (Å²) < 4.78 is 5.13. The third kappa shape index (κ3) is 8.03. The molecular formula is C24H36O2. The van der Waals surface area contributed by atoms with Crippen molar-refractivity contribution in [2.75, 3.05) is 6.61 Å². The second-order valence-corrected chi connectivity index (χ2v) is 7.94. The molecular weight excluding hydrogens is 320 g/mol. The van der Waals surface area contributed by atoms with Crippen molar-refractivity contribution in [2.24, 2.45) is 5.41 Å². The number of carbonyl (C=O) groups excluding carboxylic acids is 1. The zero-order valence-electron chi connectivity index (χ0n) is 17.5. The lowest BCUT2D eigenvalue weighted by molar-refractivity contribution is -0.137. The van der Waals surface area contributed by atoms with Crippen LogP contribution in [-0.2, 0) is 9.53 Å². The molecule has 0 bridgehead atoms. The highest BCUT2D eigenvalue weighted by atomic mass is 16.5. The Morgan fingerprint density at radius 3 is 2.58 bits per heavy atom. The van der Waals surface area contributed by atoms with Crippen molar-refractivity contribution in [3.8, 4) is 0 Å². The molecule has 0 aromatic rings. The summed E-state index contributed by atoms with van der Waals surface area (Å²) in [6.45, 7) is 13.5. The third-order valence-corrected chi connectivity index (χ3v) is 4.86. The molecule has 2 heteroatoms. The first-order valence-electron chi connectivity index (χ1n) is 9.84. The first kappa shape index (κ1) is 22.2. The lowest BCUT2D eigenvalue weighted by Crippen LogP contribution is -2.19. The Kier molecular flexibility index (Phi) is 9.40. The number of unbranched alkanes of at least 4 members (excludes halogenated alkanes) is 1. The van der Waals surface area contributed by atoms with Crippen LogP contribution in [0.2, 0.25) is 0 Å². The highest BCUT2D eigenvalue weighted by Crippen LogP contribution is 2.40. The maximum absolute atomic E-state index is 11.6. The molecule has 1 aliphatic rings. The van der Waals surface area contributed by atoms with Crippen molar-refractivity contribution in [2.45, 2.75) is 73.6 Å². The molecule has 0 aliphatic heterocycles. The largest absolute Gasteiger partial charge is 0.463 e. The highest BCUT2D eigenvalue weighted by Gasteiger charge is 2.26. The van der Waals surface area contributed by atoms with E-state index in [1.54, 1.807) is 6.08 Å². The highest BCUT2D eigenvalue weighted by molar-refractivity contribution is 5.83. The normalized spacial score (nSPS) is 18.8. The van der Waals surface area contributed by atoms with Crippen LogP contribution in [0.4, 0.5) is 0 Å². The van der Waals surface area contributed by atoms with Gasteiger partial charge < -0.3 is 4.74 Å². The number of esters is 1. The predicted molar refractivity (Wildman–Crippen MR) is 112 cm³/mol. The summed E-state index contributed by atoms with van der Waals surface area (Å²) in [7, 11) is 0. The van der Waals surface area contributed by atoms with Gasteiger partial charge >= 0.3 is 5.97 Å². The molecule has 144 valence electrons. The minimum Gasteiger partial charge on any atom is -0.463 e. The van der Waals surface area contributed by atoms with Gasteiger partial charge in [-0.05, 0) is 63.0 Å². The summed E-state index contributed by atoms with van der Waals surface area (Å²) in [6.07, 6.45) is 17.7. The smallest absolute Gasteiger partial charge is 0.331 e. The minimum absolute atomic E-state index is 0.261. The van der Waals surface area contributed by atoms with Crippen molar-refractivity contribution in [1.29, 1.82) is 0 Å². The molecule has 1 aliphatic carbocycles. The van der Waals surface area contributed by atoms with E-state index in [2.05, 4.69) is 52.8 Å². The Hall–Kier alpha value is -1.83. The monoisotopic (exact) mass is 356 g/mol. The van der Waals surface area contributed by atoms with Gasteiger partial charge in [-0.3, -0.25) is 0 Å². The van der Waals surface area contributed by atoms with Crippen LogP contribution in [-0.4, -0.2) is 12.6 Å². The molecule has 0 N–H and O–H groups in total. The molecule has 0 aromatic heterocycles. The molecule has 0 spiro atoms. The molecule has 0 radical (unpaired) electrons. The van der Waals surface area contributed by atoms with Gasteiger partial charge in [-0.2, -0.15) is 0 Å². The Balaban J connectivity index is 2.64. The number of hydrogen-bond acceptors (Lipinski definition) is 2. The van der Waals surface area contributed by atoms with Crippen molar-refractivity contribution in [3.63, 3.8) is 0 Å². The molecule has 0 atom stereocenters. The van der Waals surface area contributed by atoms with Crippen LogP contribution in [0.3, 0.4) is 0 Å². The third-order valence-electron chi connectivity index (χ3n) is 4.86. The van der Waals surface area contributed by atoms with Crippen LogP contribution in [0.1, 0.15) is 73.6 Å². The summed E-state index contributed by atoms with van der Waals surface area (Å²) in [4.78, 5) is 11.6. The Bertz CT molecular complexity index is 625. The van der Waals surface area contributed by atoms with Crippen molar-refractivity contribution < 1.29 is 9.53 Å². The summed E-state index contributed by atoms with van der Waals surface area (Å²) in [5.41, 5.74) is 5.35. The molecule has 26 heavy (non-hydrogen) atoms. The fourth-order valence-electron chi connectivity index (χ4n) is 3.23. The van der Waals surface area contributed by atoms with Crippen LogP contribution in [0, 0.1) is 5.41 Å². The summed E-state index contributed by atoms with van der Waals surface area (Å²) in [6, 6.07) is 0. The minimum atomic E-state index is -0.261. The van der Waals surface area contributed by atoms with Gasteiger partial charge in [0, 0.05) is 6.08 Å². The maximum Gasteiger partial charge on any atom is 0.331 e. The van der Waals surface area contributed by atoms with E-state index >= 15 is 0 Å². The maximum atomic E-state index is 11.6. The zero-order chi connectivity index (χ0) is 19.6. The Morgan fingerprint density at radius 1 is 1.19 bits per heavy atom. The molecule has 0 aromatic carbocycles. The van der Waals surface area contributed by atoms with Gasteiger partial charge in [-0.25, -0.2) is 4.79 Å². The fourth-order valence-corrected chi connectivity index (χ4v) is 3.23. The molecule has 0 heterocycles. The van der Waals surface area contributed by atoms with Gasteiger partial charge in [0.1, 0.15) is 0 Å². The fraction of sp³-hybridized carbons (Fsp3) is 0.542. The first-order chi connectivity index (χ1) is 12.3. The van der Waals surface area contributed by atoms with E-state index in [1.807, 2.05) is 19.1 Å². The van der Waals surface area contributed by atoms with Crippen LogP contribution < -0.4 is 0 Å². The van der Waals surface area contributed by atoms with E-state index < -0.39 is 0 Å². The molecule has 2 nitrogen and oxygen atoms in total. The standard InChI is InChI=1S/C24H36O2/c1-7-8-17-26-23(25)18-20(3)12-9-11-19(2)14-15-22-21(4)13-10-16-24(22,5)6/h9,11-12,14-15,18H,7-8,10,13,16-17H2,1-6H3/b12-9+,15-14+,19-11+,20-18+. The molecule has 0 saturated carbocycles. The van der Waals surface area contributed by atoms with E-state index in [9.17, 15) is 4.79 Å². The summed E-state index contributed by atoms with van der Waals surface area (Å²) in [5, 5.41) is 0. The van der Waals surface area contributed by atoms with Crippen LogP contribution >= 0.6 is 0 Å². The quantitative estimate of drug-likeness (QED) is 0.205. The Labute approximate surface area is 160 Å². The number of carbonyl (C=O) groups is 1. The summed E-state index contributed by atoms with van der Waals surface area (Å²) in [5.74, 6) is -0.261. The van der Waals surface area contributed by atoms with Crippen LogP contribution in [0.15, 0.2) is 58.7 Å². The van der Waals surface area contributed by atoms with Gasteiger partial charge in [-0.1, -0.05) is 68.7 Å². The first-order valence-corrected chi connectivity index (χ1v) is 9.84. The van der Waals surface area contributed by atoms with E-state index in [-0.39, 0.29) is 11.4 Å². The van der Waals surface area contributed by atoms with E-state index in [1.165, 1.54) is 36.0 Å². The van der Waals surface area contributed by atoms with Gasteiger partial charge in [0.15, 0.2) is 0 Å². The van der Waals surface area contributed by atoms with E-state index in [4.69, 9.17) is 4.74 Å². The molecule has 0 unspecified atom stereocenters. The molecule has 1 rings (SSSR count). The number of rotatable bonds is 8. The van der Waals surface area contributed by atoms with Gasteiger partial charge in [0.05, 0.1) is 6.61 Å². The summed E-state index contributed by atoms with van der Waals surface area (Å²) >= 11 is 0. The number of allylic oxidation sites excluding steroid dienone is 9. The topological polar surface area (TPSA) is 26.3 Å². The van der Waals surface area contributed by atoms with Crippen molar-refractivity contribution >= 4 is 5.97 Å². The molecule has 0 saturated heterocycles. The number of ether oxygens (including phenoxy) is 1. The SMILES string of the molecule is CCCCOC(=O)/C=C(C)/C=C/C=C(C)/C=C/C1=C(C)CCCC1(C)C. The number of hydrogen-bond donors (Lipinski definition) is 0. The zero-order valence-corrected chi connectivity index (χ0v) is 17.5. The Morgan fingerprint density at radius 2 is 1.92 bits per heavy atom. The van der Waals surface area contributed by atoms with E-state index in [0.29, 0.717) is 6.61 Å². The lowest BCUT2D eigenvalue weighted by atomic mass is 9.72. The average Bonchev–Trinajstić information content (AvgIpc) is 2.54. The van der Waals surface area contributed by atoms with Crippen LogP contribution in [0.25, 0.3) is 0 Å². The van der Waals surface area contributed by atoms with Crippen molar-refractivity contribution in [3.05, 3.63) is 58.7 Å². The van der Waals surface area contributed by atoms with E-state index in [0.717, 1.165) is 18.4 Å². The van der Waals surface area contributed by atoms with Crippen molar-refractivity contribution in [1.82, 2.24) is 0 Å². The van der Waals surface area contributed by atoms with Gasteiger partial charge in [-0.15, -0.1) is 0 Å². The second-order valence-electron chi connectivity index (χ2n) is 7.94. The van der Waals surface area contributed by atoms with Gasteiger partial charge in [0.25, 0.3) is 0 Å². The molecule has 0 amide bonds. The second kappa shape index (κ2) is 11.0. The molecule has 0 fully saturated rings. The lowest BCUT2D eigenvalue weighted by Gasteiger charge is -2.32. The van der Waals surface area contributed by atoms with Crippen LogP contribution in [0.5, 0.6) is 0 Å².